The molecule has 0 atom stereocenters. The van der Waals surface area contributed by atoms with Gasteiger partial charge in [-0.15, -0.1) is 0 Å². The Balaban J connectivity index is 0.000000583. The molecule has 0 saturated carbocycles. The molecule has 0 spiro atoms. The van der Waals surface area contributed by atoms with Gasteiger partial charge in [0.2, 0.25) is 6.54 Å². The van der Waals surface area contributed by atoms with E-state index in [9.17, 15) is 4.79 Å². The van der Waals surface area contributed by atoms with E-state index in [-0.39, 0.29) is 12.3 Å². The zero-order chi connectivity index (χ0) is 11.7. The van der Waals surface area contributed by atoms with Crippen molar-refractivity contribution in [2.45, 2.75) is 33.7 Å². The lowest BCUT2D eigenvalue weighted by molar-refractivity contribution is 0.101. The predicted octanol–water partition coefficient (Wildman–Crippen LogP) is 3.72. The number of hydrogen-bond acceptors (Lipinski definition) is 1. The Labute approximate surface area is 91.8 Å². The zero-order valence-corrected chi connectivity index (χ0v) is 9.58. The van der Waals surface area contributed by atoms with E-state index in [0.29, 0.717) is 5.56 Å². The molecule has 1 rings (SSSR count). The number of carbonyl (C=O) groups is 1. The molecule has 0 saturated heterocycles. The van der Waals surface area contributed by atoms with Crippen LogP contribution in [0.15, 0.2) is 24.3 Å². The Morgan fingerprint density at radius 3 is 2.33 bits per heavy atom. The first-order valence-electron chi connectivity index (χ1n) is 5.09. The number of benzene rings is 1. The highest BCUT2D eigenvalue weighted by Crippen LogP contribution is 2.10. The monoisotopic (exact) mass is 203 g/mol. The molecule has 0 fully saturated rings. The molecule has 2 heteroatoms. The topological polar surface area (TPSA) is 21.4 Å². The van der Waals surface area contributed by atoms with Gasteiger partial charge in [-0.2, -0.15) is 0 Å². The third kappa shape index (κ3) is 4.97. The molecule has 0 aromatic heterocycles. The van der Waals surface area contributed by atoms with Crippen LogP contribution in [0.3, 0.4) is 0 Å². The molecule has 0 N–H and O–H groups in total. The van der Waals surface area contributed by atoms with E-state index in [4.69, 9.17) is 6.57 Å². The number of hydrogen-bond donors (Lipinski definition) is 0. The summed E-state index contributed by atoms with van der Waals surface area (Å²) in [5, 5.41) is 0. The maximum atomic E-state index is 11.0. The summed E-state index contributed by atoms with van der Waals surface area (Å²) in [5.74, 6) is 0.0225. The maximum absolute atomic E-state index is 11.0. The number of rotatable bonds is 2. The number of nitrogens with zero attached hydrogens (tertiary/aromatic N) is 1. The van der Waals surface area contributed by atoms with Crippen LogP contribution in [0.1, 0.15) is 43.1 Å². The van der Waals surface area contributed by atoms with Gasteiger partial charge in [0.25, 0.3) is 0 Å². The van der Waals surface area contributed by atoms with Crippen molar-refractivity contribution < 1.29 is 4.79 Å². The molecular weight excluding hydrogens is 186 g/mol. The summed E-state index contributed by atoms with van der Waals surface area (Å²) >= 11 is 0. The molecule has 2 nitrogen and oxygen atoms in total. The summed E-state index contributed by atoms with van der Waals surface area (Å²) in [6.07, 6.45) is 1.25. The van der Waals surface area contributed by atoms with Crippen molar-refractivity contribution in [2.24, 2.45) is 0 Å². The van der Waals surface area contributed by atoms with E-state index < -0.39 is 0 Å². The Bertz CT molecular complexity index is 350. The predicted molar refractivity (Wildman–Crippen MR) is 62.7 cm³/mol. The lowest BCUT2D eigenvalue weighted by atomic mass is 10.1. The first-order valence-corrected chi connectivity index (χ1v) is 5.09. The summed E-state index contributed by atoms with van der Waals surface area (Å²) in [5.41, 5.74) is 1.48. The molecule has 0 aliphatic heterocycles. The zero-order valence-electron chi connectivity index (χ0n) is 9.58. The van der Waals surface area contributed by atoms with Crippen molar-refractivity contribution in [3.8, 4) is 0 Å². The van der Waals surface area contributed by atoms with Crippen LogP contribution in [0.25, 0.3) is 4.85 Å². The van der Waals surface area contributed by atoms with Crippen molar-refractivity contribution in [2.75, 3.05) is 0 Å². The fraction of sp³-hybridized carbons (Fsp3) is 0.385. The second-order valence-electron chi connectivity index (χ2n) is 3.24. The van der Waals surface area contributed by atoms with E-state index in [2.05, 4.69) is 18.7 Å². The average Bonchev–Trinajstić information content (AvgIpc) is 2.20. The Hall–Kier alpha value is -1.62. The van der Waals surface area contributed by atoms with E-state index >= 15 is 0 Å². The standard InChI is InChI=1S/C10H9NO.C3H8/c1-8(12)10-6-4-3-5-9(10)7-11-2;1-3-2/h3-6H,7H2,1H3;3H2,1-2H3. The SMILES string of the molecule is CCC.[C-]#[N+]Cc1ccccc1C(C)=O. The smallest absolute Gasteiger partial charge is 0.240 e. The summed E-state index contributed by atoms with van der Waals surface area (Å²) in [4.78, 5) is 14.3. The van der Waals surface area contributed by atoms with Crippen molar-refractivity contribution in [1.29, 1.82) is 0 Å². The van der Waals surface area contributed by atoms with Gasteiger partial charge in [0.05, 0.1) is 0 Å². The fourth-order valence-corrected chi connectivity index (χ4v) is 1.09. The van der Waals surface area contributed by atoms with Gasteiger partial charge in [-0.25, -0.2) is 6.57 Å². The third-order valence-corrected chi connectivity index (χ3v) is 1.65. The number of carbonyl (C=O) groups excluding carboxylic acids is 1. The van der Waals surface area contributed by atoms with E-state index in [1.54, 1.807) is 6.07 Å². The molecular formula is C13H17NO. The molecule has 0 aliphatic rings. The third-order valence-electron chi connectivity index (χ3n) is 1.65. The summed E-state index contributed by atoms with van der Waals surface area (Å²) in [6, 6.07) is 7.22. The molecule has 0 unspecified atom stereocenters. The average molecular weight is 203 g/mol. The van der Waals surface area contributed by atoms with E-state index in [1.165, 1.54) is 13.3 Å². The molecule has 0 radical (unpaired) electrons. The van der Waals surface area contributed by atoms with Gasteiger partial charge >= 0.3 is 0 Å². The molecule has 0 aliphatic carbocycles. The Morgan fingerprint density at radius 2 is 1.87 bits per heavy atom. The van der Waals surface area contributed by atoms with Crippen molar-refractivity contribution in [3.05, 3.63) is 46.8 Å². The molecule has 15 heavy (non-hydrogen) atoms. The van der Waals surface area contributed by atoms with Crippen molar-refractivity contribution in [3.63, 3.8) is 0 Å². The highest BCUT2D eigenvalue weighted by atomic mass is 16.1. The van der Waals surface area contributed by atoms with Gasteiger partial charge in [0.1, 0.15) is 0 Å². The normalized spacial score (nSPS) is 8.40. The van der Waals surface area contributed by atoms with E-state index in [0.717, 1.165) is 5.56 Å². The lowest BCUT2D eigenvalue weighted by Crippen LogP contribution is -1.97. The van der Waals surface area contributed by atoms with Gasteiger partial charge in [-0.05, 0) is 6.92 Å². The molecule has 0 bridgehead atoms. The summed E-state index contributed by atoms with van der Waals surface area (Å²) < 4.78 is 0. The molecule has 1 aromatic carbocycles. The number of ketones is 1. The minimum absolute atomic E-state index is 0.0225. The van der Waals surface area contributed by atoms with Gasteiger partial charge in [-0.3, -0.25) is 4.79 Å². The van der Waals surface area contributed by atoms with Crippen LogP contribution in [-0.4, -0.2) is 5.78 Å². The Kier molecular flexibility index (Phi) is 6.92. The second-order valence-corrected chi connectivity index (χ2v) is 3.24. The second kappa shape index (κ2) is 7.75. The van der Waals surface area contributed by atoms with Crippen LogP contribution >= 0.6 is 0 Å². The van der Waals surface area contributed by atoms with Gasteiger partial charge in [0, 0.05) is 11.1 Å². The minimum atomic E-state index is 0.0225. The highest BCUT2D eigenvalue weighted by Gasteiger charge is 2.06. The van der Waals surface area contributed by atoms with Crippen molar-refractivity contribution in [1.82, 2.24) is 0 Å². The van der Waals surface area contributed by atoms with Crippen LogP contribution < -0.4 is 0 Å². The largest absolute Gasteiger partial charge is 0.312 e. The van der Waals surface area contributed by atoms with Crippen molar-refractivity contribution >= 4 is 5.78 Å². The van der Waals surface area contributed by atoms with Gasteiger partial charge < -0.3 is 4.85 Å². The van der Waals surface area contributed by atoms with E-state index in [1.807, 2.05) is 18.2 Å². The minimum Gasteiger partial charge on any atom is -0.312 e. The first kappa shape index (κ1) is 13.4. The lowest BCUT2D eigenvalue weighted by Gasteiger charge is -1.98. The van der Waals surface area contributed by atoms with Crippen LogP contribution in [0.2, 0.25) is 0 Å². The van der Waals surface area contributed by atoms with Gasteiger partial charge in [0.15, 0.2) is 5.78 Å². The van der Waals surface area contributed by atoms with Crippen LogP contribution in [0.5, 0.6) is 0 Å². The highest BCUT2D eigenvalue weighted by molar-refractivity contribution is 5.95. The van der Waals surface area contributed by atoms with Crippen LogP contribution in [0.4, 0.5) is 0 Å². The fourth-order valence-electron chi connectivity index (χ4n) is 1.09. The molecule has 0 amide bonds. The first-order chi connectivity index (χ1) is 7.17. The maximum Gasteiger partial charge on any atom is 0.240 e. The molecule has 0 heterocycles. The summed E-state index contributed by atoms with van der Waals surface area (Å²) in [7, 11) is 0. The van der Waals surface area contributed by atoms with Gasteiger partial charge in [-0.1, -0.05) is 44.5 Å². The summed E-state index contributed by atoms with van der Waals surface area (Å²) in [6.45, 7) is 12.7. The van der Waals surface area contributed by atoms with Crippen LogP contribution in [0, 0.1) is 6.57 Å². The van der Waals surface area contributed by atoms with Crippen LogP contribution in [-0.2, 0) is 6.54 Å². The molecule has 1 aromatic rings. The Morgan fingerprint density at radius 1 is 1.33 bits per heavy atom. The molecule has 80 valence electrons. The quantitative estimate of drug-likeness (QED) is 0.530. The number of Topliss-reactive ketones (excluding diaryl/α,β-unsaturated/α-hetero) is 1.